The van der Waals surface area contributed by atoms with Crippen molar-refractivity contribution < 1.29 is 14.5 Å². The first-order valence-electron chi connectivity index (χ1n) is 11.8. The van der Waals surface area contributed by atoms with Gasteiger partial charge in [0.25, 0.3) is 5.69 Å². The molecule has 1 atom stereocenters. The number of nitrogens with one attached hydrogen (secondary N) is 1. The van der Waals surface area contributed by atoms with Crippen molar-refractivity contribution in [1.29, 1.82) is 0 Å². The van der Waals surface area contributed by atoms with E-state index < -0.39 is 11.0 Å². The maximum atomic E-state index is 13.5. The maximum Gasteiger partial charge on any atom is 0.273 e. The molecule has 1 unspecified atom stereocenters. The number of carbonyl (C=O) groups excluding carboxylic acids is 2. The summed E-state index contributed by atoms with van der Waals surface area (Å²) in [4.78, 5) is 39.3. The van der Waals surface area contributed by atoms with E-state index in [0.717, 1.165) is 36.8 Å². The summed E-state index contributed by atoms with van der Waals surface area (Å²) in [5.74, 6) is -0.440. The molecule has 0 spiro atoms. The van der Waals surface area contributed by atoms with Crippen LogP contribution in [0.2, 0.25) is 0 Å². The number of carbonyl (C=O) groups is 2. The lowest BCUT2D eigenvalue weighted by molar-refractivity contribution is -0.385. The first-order chi connectivity index (χ1) is 15.9. The second kappa shape index (κ2) is 11.6. The summed E-state index contributed by atoms with van der Waals surface area (Å²) < 4.78 is 0. The monoisotopic (exact) mass is 451 g/mol. The Morgan fingerprint density at radius 3 is 2.52 bits per heavy atom. The molecule has 0 bridgehead atoms. The molecule has 0 heterocycles. The van der Waals surface area contributed by atoms with Crippen LogP contribution in [0.3, 0.4) is 0 Å². The molecule has 1 fully saturated rings. The van der Waals surface area contributed by atoms with Gasteiger partial charge in [-0.1, -0.05) is 74.2 Å². The van der Waals surface area contributed by atoms with Crippen LogP contribution >= 0.6 is 0 Å². The fourth-order valence-electron chi connectivity index (χ4n) is 4.57. The highest BCUT2D eigenvalue weighted by Crippen LogP contribution is 2.22. The van der Waals surface area contributed by atoms with Gasteiger partial charge < -0.3 is 10.2 Å². The third-order valence-corrected chi connectivity index (χ3v) is 6.30. The van der Waals surface area contributed by atoms with E-state index >= 15 is 0 Å². The number of amides is 2. The van der Waals surface area contributed by atoms with Crippen LogP contribution in [0.15, 0.2) is 48.5 Å². The largest absolute Gasteiger partial charge is 0.352 e. The molecule has 2 aromatic carbocycles. The number of aryl methyl sites for hydroxylation is 1. The summed E-state index contributed by atoms with van der Waals surface area (Å²) in [7, 11) is 0. The van der Waals surface area contributed by atoms with Crippen LogP contribution in [0.1, 0.15) is 62.1 Å². The Bertz CT molecular complexity index is 985. The van der Waals surface area contributed by atoms with Gasteiger partial charge in [0, 0.05) is 24.2 Å². The van der Waals surface area contributed by atoms with Gasteiger partial charge in [0.05, 0.1) is 11.3 Å². The van der Waals surface area contributed by atoms with Gasteiger partial charge in [-0.2, -0.15) is 0 Å². The van der Waals surface area contributed by atoms with Crippen molar-refractivity contribution in [2.24, 2.45) is 0 Å². The zero-order valence-corrected chi connectivity index (χ0v) is 19.5. The molecule has 7 nitrogen and oxygen atoms in total. The highest BCUT2D eigenvalue weighted by molar-refractivity contribution is 5.89. The molecule has 1 saturated carbocycles. The summed E-state index contributed by atoms with van der Waals surface area (Å²) in [5.41, 5.74) is 2.26. The molecule has 0 aromatic heterocycles. The summed E-state index contributed by atoms with van der Waals surface area (Å²) in [5, 5.41) is 14.6. The van der Waals surface area contributed by atoms with E-state index in [9.17, 15) is 19.7 Å². The van der Waals surface area contributed by atoms with Crippen LogP contribution in [-0.4, -0.2) is 33.7 Å². The molecule has 176 valence electrons. The molecular formula is C26H33N3O4. The van der Waals surface area contributed by atoms with Gasteiger partial charge >= 0.3 is 0 Å². The molecule has 3 rings (SSSR count). The molecule has 1 aliphatic rings. The SMILES string of the molecule is CCC(C(=O)NC1CCCCC1)N(Cc1cccc(C)c1)C(=O)Cc1ccccc1[N+](=O)[O-]. The lowest BCUT2D eigenvalue weighted by Crippen LogP contribution is -2.52. The molecule has 1 N–H and O–H groups in total. The van der Waals surface area contributed by atoms with E-state index in [4.69, 9.17) is 0 Å². The number of benzene rings is 2. The van der Waals surface area contributed by atoms with Crippen LogP contribution in [-0.2, 0) is 22.6 Å². The van der Waals surface area contributed by atoms with Gasteiger partial charge in [0.1, 0.15) is 6.04 Å². The Balaban J connectivity index is 1.86. The van der Waals surface area contributed by atoms with Crippen molar-refractivity contribution in [2.45, 2.75) is 77.4 Å². The van der Waals surface area contributed by atoms with Gasteiger partial charge in [-0.25, -0.2) is 0 Å². The van der Waals surface area contributed by atoms with Gasteiger partial charge in [-0.15, -0.1) is 0 Å². The Hall–Kier alpha value is -3.22. The molecule has 33 heavy (non-hydrogen) atoms. The summed E-state index contributed by atoms with van der Waals surface area (Å²) in [6.45, 7) is 4.15. The van der Waals surface area contributed by atoms with Crippen LogP contribution in [0.4, 0.5) is 5.69 Å². The minimum atomic E-state index is -0.636. The zero-order valence-electron chi connectivity index (χ0n) is 19.5. The minimum absolute atomic E-state index is 0.0824. The van der Waals surface area contributed by atoms with E-state index in [1.807, 2.05) is 38.1 Å². The predicted molar refractivity (Wildman–Crippen MR) is 128 cm³/mol. The Labute approximate surface area is 195 Å². The summed E-state index contributed by atoms with van der Waals surface area (Å²) in [6.07, 6.45) is 5.66. The van der Waals surface area contributed by atoms with Crippen LogP contribution < -0.4 is 5.32 Å². The summed E-state index contributed by atoms with van der Waals surface area (Å²) >= 11 is 0. The Morgan fingerprint density at radius 2 is 1.85 bits per heavy atom. The highest BCUT2D eigenvalue weighted by Gasteiger charge is 2.31. The molecule has 0 radical (unpaired) electrons. The van der Waals surface area contributed by atoms with E-state index in [2.05, 4.69) is 5.32 Å². The predicted octanol–water partition coefficient (Wildman–Crippen LogP) is 4.70. The van der Waals surface area contributed by atoms with Crippen LogP contribution in [0.5, 0.6) is 0 Å². The normalized spacial score (nSPS) is 15.0. The van der Waals surface area contributed by atoms with Crippen LogP contribution in [0, 0.1) is 17.0 Å². The van der Waals surface area contributed by atoms with E-state index in [1.165, 1.54) is 12.5 Å². The quantitative estimate of drug-likeness (QED) is 0.442. The Morgan fingerprint density at radius 1 is 1.12 bits per heavy atom. The van der Waals surface area contributed by atoms with Gasteiger partial charge in [0.2, 0.25) is 11.8 Å². The maximum absolute atomic E-state index is 13.5. The highest BCUT2D eigenvalue weighted by atomic mass is 16.6. The minimum Gasteiger partial charge on any atom is -0.352 e. The van der Waals surface area contributed by atoms with Crippen molar-refractivity contribution in [3.8, 4) is 0 Å². The molecule has 7 heteroatoms. The zero-order chi connectivity index (χ0) is 23.8. The standard InChI is InChI=1S/C26H33N3O4/c1-3-23(26(31)27-22-13-5-4-6-14-22)28(18-20-11-9-10-19(2)16-20)25(30)17-21-12-7-8-15-24(21)29(32)33/h7-12,15-16,22-23H,3-6,13-14,17-18H2,1-2H3,(H,27,31). The molecule has 2 aromatic rings. The molecule has 2 amide bonds. The van der Waals surface area contributed by atoms with Gasteiger partial charge in [-0.05, 0) is 31.7 Å². The van der Waals surface area contributed by atoms with E-state index in [1.54, 1.807) is 23.1 Å². The average molecular weight is 452 g/mol. The van der Waals surface area contributed by atoms with E-state index in [0.29, 0.717) is 12.0 Å². The number of rotatable bonds is 9. The lowest BCUT2D eigenvalue weighted by Gasteiger charge is -2.33. The van der Waals surface area contributed by atoms with Gasteiger partial charge in [0.15, 0.2) is 0 Å². The number of nitro groups is 1. The smallest absolute Gasteiger partial charge is 0.273 e. The summed E-state index contributed by atoms with van der Waals surface area (Å²) in [6, 6.07) is 13.6. The van der Waals surface area contributed by atoms with E-state index in [-0.39, 0.29) is 36.5 Å². The second-order valence-corrected chi connectivity index (χ2v) is 8.84. The second-order valence-electron chi connectivity index (χ2n) is 8.84. The molecule has 0 saturated heterocycles. The van der Waals surface area contributed by atoms with Gasteiger partial charge in [-0.3, -0.25) is 19.7 Å². The number of hydrogen-bond acceptors (Lipinski definition) is 4. The third-order valence-electron chi connectivity index (χ3n) is 6.30. The Kier molecular flexibility index (Phi) is 8.58. The van der Waals surface area contributed by atoms with Crippen molar-refractivity contribution in [3.05, 3.63) is 75.3 Å². The van der Waals surface area contributed by atoms with Crippen molar-refractivity contribution >= 4 is 17.5 Å². The lowest BCUT2D eigenvalue weighted by atomic mass is 9.95. The third kappa shape index (κ3) is 6.63. The van der Waals surface area contributed by atoms with Crippen molar-refractivity contribution in [3.63, 3.8) is 0 Å². The number of hydrogen-bond donors (Lipinski definition) is 1. The fourth-order valence-corrected chi connectivity index (χ4v) is 4.57. The first-order valence-corrected chi connectivity index (χ1v) is 11.8. The first kappa shape index (κ1) is 24.4. The van der Waals surface area contributed by atoms with Crippen LogP contribution in [0.25, 0.3) is 0 Å². The molecule has 0 aliphatic heterocycles. The topological polar surface area (TPSA) is 92.6 Å². The fraction of sp³-hybridized carbons (Fsp3) is 0.462. The van der Waals surface area contributed by atoms with Crippen molar-refractivity contribution in [2.75, 3.05) is 0 Å². The molecule has 1 aliphatic carbocycles. The number of nitro benzene ring substituents is 1. The average Bonchev–Trinajstić information content (AvgIpc) is 2.80. The molecular weight excluding hydrogens is 418 g/mol. The van der Waals surface area contributed by atoms with Crippen molar-refractivity contribution in [1.82, 2.24) is 10.2 Å². The number of nitrogens with zero attached hydrogens (tertiary/aromatic N) is 2. The number of para-hydroxylation sites is 1.